The van der Waals surface area contributed by atoms with Crippen LogP contribution in [0.15, 0.2) is 12.7 Å². The fraction of sp³-hybridized carbons (Fsp3) is 0.500. The standard InChI is InChI=1S/C4H7NS/c1-2-3-4(5)6-3/h2-4H,1,5H2. The summed E-state index contributed by atoms with van der Waals surface area (Å²) in [5.41, 5.74) is 5.37. The Morgan fingerprint density at radius 3 is 2.33 bits per heavy atom. The van der Waals surface area contributed by atoms with Crippen molar-refractivity contribution >= 4 is 11.8 Å². The molecule has 0 aromatic carbocycles. The largest absolute Gasteiger partial charge is 0.318 e. The van der Waals surface area contributed by atoms with E-state index in [0.717, 1.165) is 0 Å². The van der Waals surface area contributed by atoms with E-state index in [9.17, 15) is 0 Å². The van der Waals surface area contributed by atoms with Crippen molar-refractivity contribution in [3.63, 3.8) is 0 Å². The second-order valence-electron chi connectivity index (χ2n) is 1.30. The zero-order valence-electron chi connectivity index (χ0n) is 3.42. The van der Waals surface area contributed by atoms with Crippen LogP contribution in [0.25, 0.3) is 0 Å². The van der Waals surface area contributed by atoms with E-state index in [2.05, 4.69) is 6.58 Å². The van der Waals surface area contributed by atoms with Crippen LogP contribution < -0.4 is 5.73 Å². The molecule has 34 valence electrons. The summed E-state index contributed by atoms with van der Waals surface area (Å²) >= 11 is 1.75. The topological polar surface area (TPSA) is 26.0 Å². The molecule has 6 heavy (non-hydrogen) atoms. The Hall–Kier alpha value is 0.0500. The fourth-order valence-corrected chi connectivity index (χ4v) is 0.820. The molecule has 0 amide bonds. The van der Waals surface area contributed by atoms with Crippen LogP contribution in [0.4, 0.5) is 0 Å². The Morgan fingerprint density at radius 2 is 2.33 bits per heavy atom. The Bertz CT molecular complexity index is 71.9. The van der Waals surface area contributed by atoms with E-state index < -0.39 is 0 Å². The Morgan fingerprint density at radius 1 is 1.83 bits per heavy atom. The molecule has 1 nitrogen and oxygen atoms in total. The number of thioether (sulfide) groups is 1. The smallest absolute Gasteiger partial charge is 0.0670 e. The minimum atomic E-state index is 0.363. The van der Waals surface area contributed by atoms with Crippen molar-refractivity contribution in [2.24, 2.45) is 5.73 Å². The van der Waals surface area contributed by atoms with Gasteiger partial charge in [0.25, 0.3) is 0 Å². The number of rotatable bonds is 1. The molecule has 1 fully saturated rings. The van der Waals surface area contributed by atoms with Crippen LogP contribution in [-0.4, -0.2) is 10.6 Å². The second kappa shape index (κ2) is 1.28. The minimum Gasteiger partial charge on any atom is -0.318 e. The Labute approximate surface area is 41.6 Å². The monoisotopic (exact) mass is 101 g/mol. The molecular weight excluding hydrogens is 94.1 g/mol. The van der Waals surface area contributed by atoms with E-state index in [0.29, 0.717) is 10.6 Å². The second-order valence-corrected chi connectivity index (χ2v) is 2.66. The molecule has 0 spiro atoms. The maximum atomic E-state index is 5.37. The zero-order valence-corrected chi connectivity index (χ0v) is 4.24. The van der Waals surface area contributed by atoms with Gasteiger partial charge in [-0.3, -0.25) is 0 Å². The first-order valence-electron chi connectivity index (χ1n) is 1.88. The van der Waals surface area contributed by atoms with Crippen LogP contribution >= 0.6 is 11.8 Å². The summed E-state index contributed by atoms with van der Waals surface area (Å²) < 4.78 is 0. The third-order valence-electron chi connectivity index (χ3n) is 0.794. The van der Waals surface area contributed by atoms with E-state index in [1.54, 1.807) is 11.8 Å². The van der Waals surface area contributed by atoms with E-state index in [1.165, 1.54) is 0 Å². The van der Waals surface area contributed by atoms with Crippen LogP contribution in [0.2, 0.25) is 0 Å². The summed E-state index contributed by atoms with van der Waals surface area (Å²) in [6.45, 7) is 3.57. The van der Waals surface area contributed by atoms with Crippen molar-refractivity contribution in [2.75, 3.05) is 0 Å². The van der Waals surface area contributed by atoms with Crippen molar-refractivity contribution in [3.05, 3.63) is 12.7 Å². The molecule has 0 radical (unpaired) electrons. The molecule has 2 atom stereocenters. The molecule has 0 bridgehead atoms. The molecule has 2 N–H and O–H groups in total. The lowest BCUT2D eigenvalue weighted by atomic mass is 10.4. The lowest BCUT2D eigenvalue weighted by Crippen LogP contribution is -2.01. The predicted molar refractivity (Wildman–Crippen MR) is 29.6 cm³/mol. The average Bonchev–Trinajstić information content (AvgIpc) is 2.19. The van der Waals surface area contributed by atoms with E-state index in [4.69, 9.17) is 5.73 Å². The first-order valence-corrected chi connectivity index (χ1v) is 2.82. The van der Waals surface area contributed by atoms with Gasteiger partial charge >= 0.3 is 0 Å². The summed E-state index contributed by atoms with van der Waals surface area (Å²) in [6, 6.07) is 0. The van der Waals surface area contributed by atoms with Crippen molar-refractivity contribution in [1.29, 1.82) is 0 Å². The van der Waals surface area contributed by atoms with E-state index in [1.807, 2.05) is 6.08 Å². The number of hydrogen-bond acceptors (Lipinski definition) is 2. The highest BCUT2D eigenvalue weighted by molar-refractivity contribution is 8.07. The molecule has 1 aliphatic heterocycles. The van der Waals surface area contributed by atoms with Crippen LogP contribution in [0.3, 0.4) is 0 Å². The van der Waals surface area contributed by atoms with Gasteiger partial charge in [-0.2, -0.15) is 0 Å². The van der Waals surface area contributed by atoms with E-state index in [-0.39, 0.29) is 0 Å². The highest BCUT2D eigenvalue weighted by atomic mass is 32.2. The van der Waals surface area contributed by atoms with E-state index >= 15 is 0 Å². The van der Waals surface area contributed by atoms with Gasteiger partial charge in [-0.15, -0.1) is 18.3 Å². The van der Waals surface area contributed by atoms with Crippen molar-refractivity contribution in [1.82, 2.24) is 0 Å². The van der Waals surface area contributed by atoms with Crippen LogP contribution in [0.5, 0.6) is 0 Å². The molecular formula is C4H7NS. The molecule has 0 aliphatic carbocycles. The summed E-state index contributed by atoms with van der Waals surface area (Å²) in [4.78, 5) is 0. The SMILES string of the molecule is C=CC1SC1N. The molecule has 2 unspecified atom stereocenters. The lowest BCUT2D eigenvalue weighted by Gasteiger charge is -1.69. The van der Waals surface area contributed by atoms with Crippen molar-refractivity contribution in [2.45, 2.75) is 10.6 Å². The fourth-order valence-electron chi connectivity index (χ4n) is 0.326. The molecule has 1 saturated heterocycles. The van der Waals surface area contributed by atoms with Gasteiger partial charge in [0.2, 0.25) is 0 Å². The Kier molecular flexibility index (Phi) is 0.898. The third kappa shape index (κ3) is 0.581. The number of nitrogens with two attached hydrogens (primary N) is 1. The van der Waals surface area contributed by atoms with Gasteiger partial charge in [-0.05, 0) is 0 Å². The molecule has 1 rings (SSSR count). The van der Waals surface area contributed by atoms with Gasteiger partial charge in [0.15, 0.2) is 0 Å². The summed E-state index contributed by atoms with van der Waals surface area (Å²) in [5, 5.41) is 0.924. The molecule has 1 aliphatic rings. The maximum Gasteiger partial charge on any atom is 0.0670 e. The highest BCUT2D eigenvalue weighted by Gasteiger charge is 2.30. The summed E-state index contributed by atoms with van der Waals surface area (Å²) in [7, 11) is 0. The third-order valence-corrected chi connectivity index (χ3v) is 1.89. The quantitative estimate of drug-likeness (QED) is 0.386. The zero-order chi connectivity index (χ0) is 4.57. The van der Waals surface area contributed by atoms with Crippen molar-refractivity contribution < 1.29 is 0 Å². The lowest BCUT2D eigenvalue weighted by molar-refractivity contribution is 1.07. The molecule has 0 saturated carbocycles. The predicted octanol–water partition coefficient (Wildman–Crippen LogP) is 0.573. The minimum absolute atomic E-state index is 0.363. The Balaban J connectivity index is 2.25. The van der Waals surface area contributed by atoms with Crippen LogP contribution in [-0.2, 0) is 0 Å². The first-order chi connectivity index (χ1) is 2.84. The van der Waals surface area contributed by atoms with Gasteiger partial charge in [-0.1, -0.05) is 6.08 Å². The van der Waals surface area contributed by atoms with Gasteiger partial charge < -0.3 is 5.73 Å². The molecule has 2 heteroatoms. The summed E-state index contributed by atoms with van der Waals surface area (Å²) in [6.07, 6.45) is 1.88. The normalized spacial score (nSPS) is 42.2. The van der Waals surface area contributed by atoms with Crippen LogP contribution in [0, 0.1) is 0 Å². The average molecular weight is 101 g/mol. The molecule has 1 heterocycles. The molecule has 0 aromatic heterocycles. The van der Waals surface area contributed by atoms with Gasteiger partial charge in [0, 0.05) is 5.25 Å². The van der Waals surface area contributed by atoms with Crippen LogP contribution in [0.1, 0.15) is 0 Å². The van der Waals surface area contributed by atoms with Gasteiger partial charge in [0.1, 0.15) is 0 Å². The van der Waals surface area contributed by atoms with Crippen molar-refractivity contribution in [3.8, 4) is 0 Å². The molecule has 0 aromatic rings. The van der Waals surface area contributed by atoms with Gasteiger partial charge in [0.05, 0.1) is 5.37 Å². The maximum absolute atomic E-state index is 5.37. The summed E-state index contributed by atoms with van der Waals surface area (Å²) in [5.74, 6) is 0. The highest BCUT2D eigenvalue weighted by Crippen LogP contribution is 2.37. The number of hydrogen-bond donors (Lipinski definition) is 1. The first kappa shape index (κ1) is 4.22. The van der Waals surface area contributed by atoms with Gasteiger partial charge in [-0.25, -0.2) is 0 Å².